The number of hydrogen-bond donors (Lipinski definition) is 2. The topological polar surface area (TPSA) is 87.7 Å². The van der Waals surface area contributed by atoms with E-state index in [1.807, 2.05) is 12.1 Å². The third-order valence-corrected chi connectivity index (χ3v) is 6.45. The third-order valence-electron chi connectivity index (χ3n) is 6.22. The first-order valence-corrected chi connectivity index (χ1v) is 12.5. The third kappa shape index (κ3) is 6.08. The highest BCUT2D eigenvalue weighted by molar-refractivity contribution is 6.30. The Morgan fingerprint density at radius 1 is 0.846 bits per heavy atom. The Labute approximate surface area is 229 Å². The minimum absolute atomic E-state index is 0.101. The van der Waals surface area contributed by atoms with Crippen LogP contribution in [-0.4, -0.2) is 28.8 Å². The van der Waals surface area contributed by atoms with Crippen LogP contribution in [0.25, 0.3) is 0 Å². The number of nitrogens with one attached hydrogen (secondary N) is 2. The number of anilines is 2. The van der Waals surface area contributed by atoms with E-state index < -0.39 is 35.9 Å². The molecule has 0 aromatic heterocycles. The van der Waals surface area contributed by atoms with Crippen molar-refractivity contribution in [3.63, 3.8) is 0 Å². The molecule has 0 saturated carbocycles. The Bertz CT molecular complexity index is 1510. The van der Waals surface area contributed by atoms with E-state index in [0.717, 1.165) is 5.56 Å². The molecule has 0 aliphatic carbocycles. The average molecular weight is 544 g/mol. The number of ether oxygens (including phenoxy) is 1. The van der Waals surface area contributed by atoms with E-state index in [1.165, 1.54) is 29.2 Å². The van der Waals surface area contributed by atoms with Crippen LogP contribution >= 0.6 is 11.6 Å². The Morgan fingerprint density at radius 2 is 1.56 bits per heavy atom. The molecule has 196 valence electrons. The molecule has 1 aliphatic rings. The van der Waals surface area contributed by atoms with Crippen molar-refractivity contribution in [3.8, 4) is 0 Å². The van der Waals surface area contributed by atoms with Gasteiger partial charge >= 0.3 is 6.09 Å². The first-order chi connectivity index (χ1) is 18.9. The number of carbonyl (C=O) groups is 3. The maximum Gasteiger partial charge on any atom is 0.411 e. The number of halogens is 2. The van der Waals surface area contributed by atoms with Gasteiger partial charge in [0.25, 0.3) is 11.8 Å². The summed E-state index contributed by atoms with van der Waals surface area (Å²) in [6.07, 6.45) is -1.61. The Hall–Kier alpha value is -4.69. The highest BCUT2D eigenvalue weighted by atomic mass is 35.5. The quantitative estimate of drug-likeness (QED) is 0.281. The maximum absolute atomic E-state index is 13.6. The zero-order chi connectivity index (χ0) is 27.4. The van der Waals surface area contributed by atoms with E-state index in [4.69, 9.17) is 16.3 Å². The second-order valence-corrected chi connectivity index (χ2v) is 9.39. The van der Waals surface area contributed by atoms with E-state index in [-0.39, 0.29) is 12.1 Å². The van der Waals surface area contributed by atoms with Gasteiger partial charge in [0.15, 0.2) is 12.1 Å². The molecule has 0 spiro atoms. The van der Waals surface area contributed by atoms with Gasteiger partial charge in [-0.15, -0.1) is 0 Å². The van der Waals surface area contributed by atoms with Crippen molar-refractivity contribution in [1.82, 2.24) is 4.90 Å². The highest BCUT2D eigenvalue weighted by Gasteiger charge is 2.47. The van der Waals surface area contributed by atoms with Crippen LogP contribution in [0.15, 0.2) is 103 Å². The van der Waals surface area contributed by atoms with Gasteiger partial charge in [-0.05, 0) is 71.8 Å². The van der Waals surface area contributed by atoms with Crippen LogP contribution in [0.3, 0.4) is 0 Å². The number of benzene rings is 4. The van der Waals surface area contributed by atoms with E-state index >= 15 is 0 Å². The van der Waals surface area contributed by atoms with Gasteiger partial charge in [-0.25, -0.2) is 9.18 Å². The minimum atomic E-state index is -1.01. The number of amides is 3. The largest absolute Gasteiger partial charge is 0.438 e. The van der Waals surface area contributed by atoms with Gasteiger partial charge in [-0.3, -0.25) is 14.5 Å². The molecule has 39 heavy (non-hydrogen) atoms. The number of nitrogens with zero attached hydrogens (tertiary/aromatic N) is 1. The van der Waals surface area contributed by atoms with Crippen molar-refractivity contribution in [2.45, 2.75) is 18.7 Å². The maximum atomic E-state index is 13.6. The summed E-state index contributed by atoms with van der Waals surface area (Å²) in [6.45, 7) is 0.101. The number of cyclic esters (lactones) is 1. The molecule has 1 heterocycles. The molecular formula is C30H23ClFN3O4. The molecule has 1 fully saturated rings. The van der Waals surface area contributed by atoms with Crippen LogP contribution in [0.4, 0.5) is 20.6 Å². The molecule has 0 radical (unpaired) electrons. The van der Waals surface area contributed by atoms with Crippen molar-refractivity contribution in [3.05, 3.63) is 131 Å². The van der Waals surface area contributed by atoms with Crippen molar-refractivity contribution in [2.75, 3.05) is 10.6 Å². The smallest absolute Gasteiger partial charge is 0.411 e. The molecule has 2 unspecified atom stereocenters. The van der Waals surface area contributed by atoms with Crippen LogP contribution < -0.4 is 10.6 Å². The molecule has 0 bridgehead atoms. The first-order valence-electron chi connectivity index (χ1n) is 12.1. The second kappa shape index (κ2) is 11.4. The van der Waals surface area contributed by atoms with Gasteiger partial charge in [0.1, 0.15) is 5.82 Å². The number of hydrogen-bond acceptors (Lipinski definition) is 4. The molecule has 5 rings (SSSR count). The summed E-state index contributed by atoms with van der Waals surface area (Å²) in [4.78, 5) is 40.7. The van der Waals surface area contributed by atoms with Crippen molar-refractivity contribution in [2.24, 2.45) is 0 Å². The van der Waals surface area contributed by atoms with Crippen LogP contribution in [0.1, 0.15) is 27.6 Å². The molecule has 4 aromatic rings. The number of para-hydroxylation sites is 1. The summed E-state index contributed by atoms with van der Waals surface area (Å²) < 4.78 is 19.0. The normalized spacial score (nSPS) is 16.5. The van der Waals surface area contributed by atoms with Gasteiger partial charge in [-0.2, -0.15) is 0 Å². The summed E-state index contributed by atoms with van der Waals surface area (Å²) in [7, 11) is 0. The zero-order valence-corrected chi connectivity index (χ0v) is 21.3. The summed E-state index contributed by atoms with van der Waals surface area (Å²) in [5.74, 6) is -1.31. The van der Waals surface area contributed by atoms with Crippen LogP contribution in [0.5, 0.6) is 0 Å². The summed E-state index contributed by atoms with van der Waals surface area (Å²) in [5.41, 5.74) is 2.53. The van der Waals surface area contributed by atoms with Gasteiger partial charge in [0, 0.05) is 22.0 Å². The number of rotatable bonds is 7. The van der Waals surface area contributed by atoms with Crippen LogP contribution in [0, 0.1) is 5.82 Å². The van der Waals surface area contributed by atoms with Crippen molar-refractivity contribution in [1.29, 1.82) is 0 Å². The molecule has 9 heteroatoms. The minimum Gasteiger partial charge on any atom is -0.438 e. The molecule has 2 atom stereocenters. The molecule has 7 nitrogen and oxygen atoms in total. The lowest BCUT2D eigenvalue weighted by Crippen LogP contribution is -2.43. The average Bonchev–Trinajstić information content (AvgIpc) is 3.25. The molecule has 1 aliphatic heterocycles. The summed E-state index contributed by atoms with van der Waals surface area (Å²) in [6, 6.07) is 26.8. The first kappa shape index (κ1) is 25.9. The molecular weight excluding hydrogens is 521 g/mol. The predicted octanol–water partition coefficient (Wildman–Crippen LogP) is 6.43. The van der Waals surface area contributed by atoms with Gasteiger partial charge in [-0.1, -0.05) is 54.1 Å². The Kier molecular flexibility index (Phi) is 7.56. The van der Waals surface area contributed by atoms with Crippen molar-refractivity contribution < 1.29 is 23.5 Å². The lowest BCUT2D eigenvalue weighted by atomic mass is 10.00. The fourth-order valence-corrected chi connectivity index (χ4v) is 4.59. The van der Waals surface area contributed by atoms with Crippen LogP contribution in [0.2, 0.25) is 5.02 Å². The summed E-state index contributed by atoms with van der Waals surface area (Å²) >= 11 is 6.14. The van der Waals surface area contributed by atoms with E-state index in [1.54, 1.807) is 66.7 Å². The highest BCUT2D eigenvalue weighted by Crippen LogP contribution is 2.36. The molecule has 3 amide bonds. The van der Waals surface area contributed by atoms with E-state index in [2.05, 4.69) is 10.6 Å². The Balaban J connectivity index is 1.43. The monoisotopic (exact) mass is 543 g/mol. The standard InChI is InChI=1S/C30H23ClFN3O4/c31-22-8-4-6-19(16-22)18-35-26(29(37)33-24-9-2-1-3-10-24)27(39-30(35)38)21-7-5-11-25(17-21)34-28(36)20-12-14-23(32)15-13-20/h1-17,26-27H,18H2,(H,33,37)(H,34,36). The van der Waals surface area contributed by atoms with Crippen molar-refractivity contribution >= 4 is 40.9 Å². The van der Waals surface area contributed by atoms with Gasteiger partial charge in [0.05, 0.1) is 6.54 Å². The molecule has 1 saturated heterocycles. The lowest BCUT2D eigenvalue weighted by Gasteiger charge is -2.24. The van der Waals surface area contributed by atoms with Gasteiger partial charge in [0.2, 0.25) is 0 Å². The number of carbonyl (C=O) groups excluding carboxylic acids is 3. The van der Waals surface area contributed by atoms with Crippen LogP contribution in [-0.2, 0) is 16.1 Å². The fourth-order valence-electron chi connectivity index (χ4n) is 4.38. The zero-order valence-electron chi connectivity index (χ0n) is 20.5. The van der Waals surface area contributed by atoms with E-state index in [0.29, 0.717) is 22.0 Å². The lowest BCUT2D eigenvalue weighted by molar-refractivity contribution is -0.121. The SMILES string of the molecule is O=C(Nc1cccc(C2OC(=O)N(Cc3cccc(Cl)c3)C2C(=O)Nc2ccccc2)c1)c1ccc(F)cc1. The predicted molar refractivity (Wildman–Crippen MR) is 146 cm³/mol. The molecule has 4 aromatic carbocycles. The fraction of sp³-hybridized carbons (Fsp3) is 0.100. The van der Waals surface area contributed by atoms with Gasteiger partial charge < -0.3 is 15.4 Å². The Morgan fingerprint density at radius 3 is 2.31 bits per heavy atom. The molecule has 2 N–H and O–H groups in total. The summed E-state index contributed by atoms with van der Waals surface area (Å²) in [5, 5.41) is 6.13. The second-order valence-electron chi connectivity index (χ2n) is 8.95. The van der Waals surface area contributed by atoms with E-state index in [9.17, 15) is 18.8 Å².